The molecule has 3 nitrogen and oxygen atoms in total. The Hall–Kier alpha value is -2.44. The quantitative estimate of drug-likeness (QED) is 0.624. The number of carbonyl (C=O) groups excluding carboxylic acids is 1. The van der Waals surface area contributed by atoms with Crippen LogP contribution in [0.5, 0.6) is 5.75 Å². The van der Waals surface area contributed by atoms with Crippen LogP contribution in [0.4, 0.5) is 0 Å². The molecule has 0 fully saturated rings. The number of benzene rings is 2. The maximum absolute atomic E-state index is 11.7. The molecule has 4 heteroatoms. The van der Waals surface area contributed by atoms with Gasteiger partial charge in [-0.15, -0.1) is 6.42 Å². The average molecular weight is 301 g/mol. The lowest BCUT2D eigenvalue weighted by Crippen LogP contribution is -2.05. The molecule has 0 spiro atoms. The highest BCUT2D eigenvalue weighted by Crippen LogP contribution is 2.19. The number of esters is 1. The normalized spacial score (nSPS) is 9.71. The van der Waals surface area contributed by atoms with Crippen LogP contribution in [0, 0.1) is 12.3 Å². The molecule has 21 heavy (non-hydrogen) atoms. The molecule has 0 N–H and O–H groups in total. The summed E-state index contributed by atoms with van der Waals surface area (Å²) >= 11 is 6.06. The van der Waals surface area contributed by atoms with Gasteiger partial charge in [0.25, 0.3) is 0 Å². The zero-order chi connectivity index (χ0) is 15.1. The summed E-state index contributed by atoms with van der Waals surface area (Å²) in [6.45, 7) is 0.270. The van der Waals surface area contributed by atoms with E-state index in [9.17, 15) is 4.79 Å². The van der Waals surface area contributed by atoms with Gasteiger partial charge in [-0.2, -0.15) is 0 Å². The van der Waals surface area contributed by atoms with E-state index in [-0.39, 0.29) is 6.61 Å². The van der Waals surface area contributed by atoms with Crippen molar-refractivity contribution in [3.63, 3.8) is 0 Å². The van der Waals surface area contributed by atoms with Crippen molar-refractivity contribution in [3.05, 3.63) is 64.7 Å². The lowest BCUT2D eigenvalue weighted by atomic mass is 10.2. The van der Waals surface area contributed by atoms with Crippen LogP contribution in [0.1, 0.15) is 15.9 Å². The number of ether oxygens (including phenoxy) is 2. The highest BCUT2D eigenvalue weighted by Gasteiger charge is 2.08. The third-order valence-electron chi connectivity index (χ3n) is 2.71. The largest absolute Gasteiger partial charge is 0.489 e. The van der Waals surface area contributed by atoms with Gasteiger partial charge in [0.2, 0.25) is 0 Å². The van der Waals surface area contributed by atoms with Gasteiger partial charge in [0.1, 0.15) is 12.4 Å². The summed E-state index contributed by atoms with van der Waals surface area (Å²) in [5.74, 6) is 2.33. The van der Waals surface area contributed by atoms with Gasteiger partial charge in [0, 0.05) is 10.6 Å². The van der Waals surface area contributed by atoms with Gasteiger partial charge in [0.15, 0.2) is 6.61 Å². The Morgan fingerprint density at radius 2 is 2.00 bits per heavy atom. The average Bonchev–Trinajstić information content (AvgIpc) is 2.52. The van der Waals surface area contributed by atoms with Crippen molar-refractivity contribution in [3.8, 4) is 18.1 Å². The number of carbonyl (C=O) groups is 1. The predicted molar refractivity (Wildman–Crippen MR) is 81.3 cm³/mol. The SMILES string of the molecule is C#CCOC(=O)c1cccc(OCc2ccccc2Cl)c1. The van der Waals surface area contributed by atoms with E-state index in [1.807, 2.05) is 18.2 Å². The minimum Gasteiger partial charge on any atom is -0.489 e. The Bertz CT molecular complexity index is 674. The second-order valence-electron chi connectivity index (χ2n) is 4.19. The lowest BCUT2D eigenvalue weighted by Gasteiger charge is -2.09. The van der Waals surface area contributed by atoms with Crippen molar-refractivity contribution in [1.82, 2.24) is 0 Å². The van der Waals surface area contributed by atoms with Gasteiger partial charge < -0.3 is 9.47 Å². The number of halogens is 1. The molecule has 106 valence electrons. The highest BCUT2D eigenvalue weighted by molar-refractivity contribution is 6.31. The topological polar surface area (TPSA) is 35.5 Å². The summed E-state index contributed by atoms with van der Waals surface area (Å²) in [6, 6.07) is 14.1. The van der Waals surface area contributed by atoms with Crippen LogP contribution in [-0.4, -0.2) is 12.6 Å². The standard InChI is InChI=1S/C17H13ClO3/c1-2-10-20-17(19)13-7-5-8-15(11-13)21-12-14-6-3-4-9-16(14)18/h1,3-9,11H,10,12H2. The molecule has 0 bridgehead atoms. The smallest absolute Gasteiger partial charge is 0.339 e. The molecule has 0 radical (unpaired) electrons. The molecule has 0 atom stereocenters. The van der Waals surface area contributed by atoms with Crippen LogP contribution in [0.3, 0.4) is 0 Å². The molecule has 0 aliphatic carbocycles. The van der Waals surface area contributed by atoms with E-state index < -0.39 is 5.97 Å². The van der Waals surface area contributed by atoms with Crippen molar-refractivity contribution >= 4 is 17.6 Å². The Kier molecular flexibility index (Phi) is 5.25. The van der Waals surface area contributed by atoms with E-state index in [2.05, 4.69) is 5.92 Å². The van der Waals surface area contributed by atoms with Gasteiger partial charge >= 0.3 is 5.97 Å². The van der Waals surface area contributed by atoms with Crippen LogP contribution >= 0.6 is 11.6 Å². The summed E-state index contributed by atoms with van der Waals surface area (Å²) in [5.41, 5.74) is 1.27. The molecule has 0 aromatic heterocycles. The fraction of sp³-hybridized carbons (Fsp3) is 0.118. The molecular weight excluding hydrogens is 288 g/mol. The number of rotatable bonds is 5. The van der Waals surface area contributed by atoms with Crippen LogP contribution in [0.15, 0.2) is 48.5 Å². The molecular formula is C17H13ClO3. The molecule has 2 rings (SSSR count). The first kappa shape index (κ1) is 15.0. The number of hydrogen-bond acceptors (Lipinski definition) is 3. The van der Waals surface area contributed by atoms with Gasteiger partial charge in [-0.1, -0.05) is 41.8 Å². The van der Waals surface area contributed by atoms with Gasteiger partial charge in [0.05, 0.1) is 5.56 Å². The second kappa shape index (κ2) is 7.37. The fourth-order valence-corrected chi connectivity index (χ4v) is 1.87. The summed E-state index contributed by atoms with van der Waals surface area (Å²) in [5, 5.41) is 0.641. The van der Waals surface area contributed by atoms with E-state index in [0.29, 0.717) is 22.9 Å². The molecule has 0 heterocycles. The zero-order valence-corrected chi connectivity index (χ0v) is 12.0. The third kappa shape index (κ3) is 4.27. The van der Waals surface area contributed by atoms with Crippen molar-refractivity contribution in [2.24, 2.45) is 0 Å². The van der Waals surface area contributed by atoms with E-state index in [1.54, 1.807) is 30.3 Å². The monoisotopic (exact) mass is 300 g/mol. The van der Waals surface area contributed by atoms with E-state index >= 15 is 0 Å². The molecule has 0 aliphatic rings. The summed E-state index contributed by atoms with van der Waals surface area (Å²) in [7, 11) is 0. The van der Waals surface area contributed by atoms with E-state index in [1.165, 1.54) is 0 Å². The van der Waals surface area contributed by atoms with Crippen molar-refractivity contribution in [2.45, 2.75) is 6.61 Å². The number of hydrogen-bond donors (Lipinski definition) is 0. The van der Waals surface area contributed by atoms with Crippen molar-refractivity contribution in [1.29, 1.82) is 0 Å². The molecule has 0 saturated heterocycles. The molecule has 0 aliphatic heterocycles. The van der Waals surface area contributed by atoms with Crippen molar-refractivity contribution < 1.29 is 14.3 Å². The molecule has 2 aromatic carbocycles. The summed E-state index contributed by atoms with van der Waals surface area (Å²) in [4.78, 5) is 11.7. The van der Waals surface area contributed by atoms with Gasteiger partial charge in [-0.3, -0.25) is 0 Å². The van der Waals surface area contributed by atoms with E-state index in [0.717, 1.165) is 5.56 Å². The van der Waals surface area contributed by atoms with Crippen LogP contribution in [0.25, 0.3) is 0 Å². The zero-order valence-electron chi connectivity index (χ0n) is 11.2. The first-order chi connectivity index (χ1) is 10.2. The summed E-state index contributed by atoms with van der Waals surface area (Å²) < 4.78 is 10.5. The maximum atomic E-state index is 11.7. The molecule has 2 aromatic rings. The van der Waals surface area contributed by atoms with Gasteiger partial charge in [-0.05, 0) is 24.3 Å². The minimum absolute atomic E-state index is 0.0520. The van der Waals surface area contributed by atoms with Crippen LogP contribution in [0.2, 0.25) is 5.02 Å². The van der Waals surface area contributed by atoms with Gasteiger partial charge in [-0.25, -0.2) is 4.79 Å². The minimum atomic E-state index is -0.476. The Morgan fingerprint density at radius 3 is 2.76 bits per heavy atom. The lowest BCUT2D eigenvalue weighted by molar-refractivity contribution is 0.0556. The fourth-order valence-electron chi connectivity index (χ4n) is 1.68. The van der Waals surface area contributed by atoms with Crippen LogP contribution < -0.4 is 4.74 Å². The Morgan fingerprint density at radius 1 is 1.19 bits per heavy atom. The first-order valence-electron chi connectivity index (χ1n) is 6.27. The maximum Gasteiger partial charge on any atom is 0.339 e. The van der Waals surface area contributed by atoms with Crippen molar-refractivity contribution in [2.75, 3.05) is 6.61 Å². The molecule has 0 amide bonds. The third-order valence-corrected chi connectivity index (χ3v) is 3.08. The van der Waals surface area contributed by atoms with E-state index in [4.69, 9.17) is 27.5 Å². The molecule has 0 saturated carbocycles. The Balaban J connectivity index is 2.03. The second-order valence-corrected chi connectivity index (χ2v) is 4.60. The first-order valence-corrected chi connectivity index (χ1v) is 6.65. The Labute approximate surface area is 128 Å². The highest BCUT2D eigenvalue weighted by atomic mass is 35.5. The van der Waals surface area contributed by atoms with Crippen LogP contribution in [-0.2, 0) is 11.3 Å². The predicted octanol–water partition coefficient (Wildman–Crippen LogP) is 3.71. The number of terminal acetylenes is 1. The molecule has 0 unspecified atom stereocenters. The summed E-state index contributed by atoms with van der Waals surface area (Å²) in [6.07, 6.45) is 5.05.